The summed E-state index contributed by atoms with van der Waals surface area (Å²) in [5.41, 5.74) is 0. The number of ether oxygens (including phenoxy) is 3. The zero-order valence-electron chi connectivity index (χ0n) is 47.2. The summed E-state index contributed by atoms with van der Waals surface area (Å²) in [5.74, 6) is -0.869. The van der Waals surface area contributed by atoms with Crippen LogP contribution in [0.3, 0.4) is 0 Å². The number of esters is 3. The molecule has 0 aliphatic carbocycles. The largest absolute Gasteiger partial charge is 0.462 e. The van der Waals surface area contributed by atoms with Crippen LogP contribution in [-0.4, -0.2) is 37.2 Å². The van der Waals surface area contributed by atoms with Crippen LogP contribution in [-0.2, 0) is 28.6 Å². The highest BCUT2D eigenvalue weighted by Crippen LogP contribution is 2.17. The van der Waals surface area contributed by atoms with Gasteiger partial charge in [0.25, 0.3) is 0 Å². The summed E-state index contributed by atoms with van der Waals surface area (Å²) in [7, 11) is 0. The summed E-state index contributed by atoms with van der Waals surface area (Å²) < 4.78 is 16.9. The number of allylic oxidation sites excluding steroid dienone is 10. The van der Waals surface area contributed by atoms with E-state index in [1.54, 1.807) is 0 Å². The molecule has 0 fully saturated rings. The van der Waals surface area contributed by atoms with E-state index in [0.29, 0.717) is 19.3 Å². The molecule has 0 saturated carbocycles. The zero-order valence-corrected chi connectivity index (χ0v) is 47.2. The molecule has 71 heavy (non-hydrogen) atoms. The van der Waals surface area contributed by atoms with E-state index in [1.807, 2.05) is 0 Å². The predicted molar refractivity (Wildman–Crippen MR) is 307 cm³/mol. The molecule has 412 valence electrons. The van der Waals surface area contributed by atoms with E-state index in [9.17, 15) is 14.4 Å². The minimum atomic E-state index is -0.777. The number of carbonyl (C=O) groups excluding carboxylic acids is 3. The molecule has 0 N–H and O–H groups in total. The molecule has 0 rings (SSSR count). The lowest BCUT2D eigenvalue weighted by Gasteiger charge is -2.18. The fourth-order valence-corrected chi connectivity index (χ4v) is 8.90. The van der Waals surface area contributed by atoms with Gasteiger partial charge in [-0.05, 0) is 83.5 Å². The van der Waals surface area contributed by atoms with E-state index in [4.69, 9.17) is 14.2 Å². The standard InChI is InChI=1S/C65H116O6/c1-4-7-10-13-16-19-22-25-27-28-29-30-31-32-33-34-35-36-38-40-43-46-49-52-55-58-64(67)70-61-62(60-69-63(66)57-54-51-48-45-42-39-24-21-18-15-12-9-6-3)71-65(68)59-56-53-50-47-44-41-37-26-23-20-17-14-11-8-5-2/h7,10,16,19,25-27,29-30,37,62H,4-6,8-9,11-15,17-18,20-24,28,31-36,38-61H2,1-3H3/b10-7-,19-16-,27-25-,30-29-,37-26-. The fraction of sp³-hybridized carbons (Fsp3) is 0.800. The van der Waals surface area contributed by atoms with Crippen LogP contribution in [0.4, 0.5) is 0 Å². The smallest absolute Gasteiger partial charge is 0.306 e. The van der Waals surface area contributed by atoms with Crippen molar-refractivity contribution in [2.75, 3.05) is 13.2 Å². The van der Waals surface area contributed by atoms with Crippen molar-refractivity contribution in [1.29, 1.82) is 0 Å². The second-order valence-corrected chi connectivity index (χ2v) is 20.6. The molecule has 0 bridgehead atoms. The molecular formula is C65H116O6. The van der Waals surface area contributed by atoms with Gasteiger partial charge in [0, 0.05) is 19.3 Å². The first-order valence-corrected chi connectivity index (χ1v) is 30.8. The fourth-order valence-electron chi connectivity index (χ4n) is 8.90. The number of rotatable bonds is 56. The molecule has 1 unspecified atom stereocenters. The maximum Gasteiger partial charge on any atom is 0.306 e. The van der Waals surface area contributed by atoms with Crippen LogP contribution in [0.2, 0.25) is 0 Å². The third kappa shape index (κ3) is 57.9. The Hall–Kier alpha value is -2.89. The Labute approximate surface area is 440 Å². The molecule has 1 atom stereocenters. The van der Waals surface area contributed by atoms with Gasteiger partial charge < -0.3 is 14.2 Å². The highest BCUT2D eigenvalue weighted by Gasteiger charge is 2.19. The monoisotopic (exact) mass is 993 g/mol. The van der Waals surface area contributed by atoms with Crippen molar-refractivity contribution in [3.8, 4) is 0 Å². The van der Waals surface area contributed by atoms with Gasteiger partial charge in [-0.3, -0.25) is 14.4 Å². The van der Waals surface area contributed by atoms with Crippen molar-refractivity contribution in [3.63, 3.8) is 0 Å². The molecular weight excluding hydrogens is 877 g/mol. The molecule has 0 aromatic carbocycles. The van der Waals surface area contributed by atoms with Gasteiger partial charge in [0.15, 0.2) is 6.10 Å². The van der Waals surface area contributed by atoms with Crippen LogP contribution in [0, 0.1) is 0 Å². The molecule has 0 heterocycles. The van der Waals surface area contributed by atoms with Crippen LogP contribution in [0.15, 0.2) is 60.8 Å². The van der Waals surface area contributed by atoms with Crippen LogP contribution in [0.1, 0.15) is 316 Å². The molecule has 0 saturated heterocycles. The van der Waals surface area contributed by atoms with Crippen molar-refractivity contribution in [2.24, 2.45) is 0 Å². The summed E-state index contributed by atoms with van der Waals surface area (Å²) in [6, 6.07) is 0. The Kier molecular flexibility index (Phi) is 57.2. The van der Waals surface area contributed by atoms with E-state index in [-0.39, 0.29) is 31.1 Å². The summed E-state index contributed by atoms with van der Waals surface area (Å²) in [4.78, 5) is 38.2. The Balaban J connectivity index is 4.27. The van der Waals surface area contributed by atoms with Crippen molar-refractivity contribution in [3.05, 3.63) is 60.8 Å². The maximum atomic E-state index is 12.9. The lowest BCUT2D eigenvalue weighted by Crippen LogP contribution is -2.30. The van der Waals surface area contributed by atoms with Crippen molar-refractivity contribution in [1.82, 2.24) is 0 Å². The van der Waals surface area contributed by atoms with E-state index in [1.165, 1.54) is 186 Å². The minimum Gasteiger partial charge on any atom is -0.462 e. The van der Waals surface area contributed by atoms with Gasteiger partial charge in [0.05, 0.1) is 0 Å². The van der Waals surface area contributed by atoms with E-state index in [0.717, 1.165) is 89.9 Å². The summed E-state index contributed by atoms with van der Waals surface area (Å²) >= 11 is 0. The van der Waals surface area contributed by atoms with E-state index < -0.39 is 6.10 Å². The average molecular weight is 994 g/mol. The highest BCUT2D eigenvalue weighted by atomic mass is 16.6. The first-order chi connectivity index (χ1) is 35.0. The van der Waals surface area contributed by atoms with Gasteiger partial charge in [0.1, 0.15) is 13.2 Å². The quantitative estimate of drug-likeness (QED) is 0.0261. The van der Waals surface area contributed by atoms with Crippen LogP contribution in [0.5, 0.6) is 0 Å². The second-order valence-electron chi connectivity index (χ2n) is 20.6. The average Bonchev–Trinajstić information content (AvgIpc) is 3.37. The Morgan fingerprint density at radius 1 is 0.296 bits per heavy atom. The van der Waals surface area contributed by atoms with Gasteiger partial charge in [-0.25, -0.2) is 0 Å². The summed E-state index contributed by atoms with van der Waals surface area (Å²) in [5, 5.41) is 0. The Morgan fingerprint density at radius 2 is 0.549 bits per heavy atom. The first-order valence-electron chi connectivity index (χ1n) is 30.8. The van der Waals surface area contributed by atoms with Crippen molar-refractivity contribution in [2.45, 2.75) is 322 Å². The molecule has 0 aromatic rings. The third-order valence-electron chi connectivity index (χ3n) is 13.5. The van der Waals surface area contributed by atoms with Gasteiger partial charge >= 0.3 is 17.9 Å². The van der Waals surface area contributed by atoms with Gasteiger partial charge in [-0.2, -0.15) is 0 Å². The summed E-state index contributed by atoms with van der Waals surface area (Å²) in [6.07, 6.45) is 75.0. The van der Waals surface area contributed by atoms with Crippen LogP contribution in [0.25, 0.3) is 0 Å². The number of unbranched alkanes of at least 4 members (excludes halogenated alkanes) is 35. The second kappa shape index (κ2) is 59.7. The van der Waals surface area contributed by atoms with E-state index >= 15 is 0 Å². The molecule has 0 aliphatic rings. The molecule has 0 spiro atoms. The zero-order chi connectivity index (χ0) is 51.4. The normalized spacial score (nSPS) is 12.4. The third-order valence-corrected chi connectivity index (χ3v) is 13.5. The number of carbonyl (C=O) groups is 3. The van der Waals surface area contributed by atoms with Gasteiger partial charge in [-0.1, -0.05) is 274 Å². The van der Waals surface area contributed by atoms with Gasteiger partial charge in [0.2, 0.25) is 0 Å². The maximum absolute atomic E-state index is 12.9. The molecule has 6 nitrogen and oxygen atoms in total. The van der Waals surface area contributed by atoms with Crippen LogP contribution >= 0.6 is 0 Å². The molecule has 0 amide bonds. The summed E-state index contributed by atoms with van der Waals surface area (Å²) in [6.45, 7) is 6.55. The first kappa shape index (κ1) is 68.1. The van der Waals surface area contributed by atoms with Gasteiger partial charge in [-0.15, -0.1) is 0 Å². The van der Waals surface area contributed by atoms with Crippen LogP contribution < -0.4 is 0 Å². The lowest BCUT2D eigenvalue weighted by molar-refractivity contribution is -0.167. The van der Waals surface area contributed by atoms with Crippen molar-refractivity contribution < 1.29 is 28.6 Å². The molecule has 0 aromatic heterocycles. The number of hydrogen-bond acceptors (Lipinski definition) is 6. The number of hydrogen-bond donors (Lipinski definition) is 0. The van der Waals surface area contributed by atoms with Crippen molar-refractivity contribution >= 4 is 17.9 Å². The topological polar surface area (TPSA) is 78.9 Å². The lowest BCUT2D eigenvalue weighted by atomic mass is 10.0. The Bertz CT molecular complexity index is 1280. The SMILES string of the molecule is CC/C=C\C/C=C\C/C=C\C/C=C\CCCCCCCCCCCCCCC(=O)OCC(COC(=O)CCCCCCCCCCCCCCC)OC(=O)CCCCCCC/C=C\CCCCCCCC. The molecule has 0 radical (unpaired) electrons. The van der Waals surface area contributed by atoms with E-state index in [2.05, 4.69) is 81.5 Å². The minimum absolute atomic E-state index is 0.0741. The predicted octanol–water partition coefficient (Wildman–Crippen LogP) is 20.8. The molecule has 6 heteroatoms. The Morgan fingerprint density at radius 3 is 0.873 bits per heavy atom. The molecule has 0 aliphatic heterocycles. The highest BCUT2D eigenvalue weighted by molar-refractivity contribution is 5.71.